The first-order valence-corrected chi connectivity index (χ1v) is 9.76. The maximum absolute atomic E-state index is 6.07. The van der Waals surface area contributed by atoms with Gasteiger partial charge in [0, 0.05) is 31.4 Å². The van der Waals surface area contributed by atoms with Crippen molar-refractivity contribution in [3.05, 3.63) is 47.4 Å². The Kier molecular flexibility index (Phi) is 5.50. The van der Waals surface area contributed by atoms with Gasteiger partial charge in [-0.2, -0.15) is 15.0 Å². The molecule has 1 aromatic carbocycles. The number of aryl methyl sites for hydroxylation is 1. The lowest BCUT2D eigenvalue weighted by Gasteiger charge is -2.30. The normalized spacial score (nSPS) is 15.3. The molecule has 1 atom stereocenters. The molecule has 1 fully saturated rings. The van der Waals surface area contributed by atoms with Crippen molar-refractivity contribution >= 4 is 35.3 Å². The van der Waals surface area contributed by atoms with Gasteiger partial charge in [-0.1, -0.05) is 23.7 Å². The molecule has 1 aliphatic heterocycles. The molecule has 0 aliphatic carbocycles. The lowest BCUT2D eigenvalue weighted by Crippen LogP contribution is -2.38. The number of benzene rings is 1. The second-order valence-corrected chi connectivity index (χ2v) is 7.32. The van der Waals surface area contributed by atoms with Gasteiger partial charge in [-0.25, -0.2) is 4.98 Å². The molecule has 0 unspecified atom stereocenters. The van der Waals surface area contributed by atoms with Crippen LogP contribution in [0.3, 0.4) is 0 Å². The molecule has 9 nitrogen and oxygen atoms in total. The number of hydrogen-bond donors (Lipinski definition) is 1. The molecule has 1 saturated heterocycles. The largest absolute Gasteiger partial charge is 0.378 e. The summed E-state index contributed by atoms with van der Waals surface area (Å²) in [4.78, 5) is 22.0. The van der Waals surface area contributed by atoms with E-state index in [0.717, 1.165) is 5.56 Å². The topological polar surface area (TPSA) is 98.2 Å². The van der Waals surface area contributed by atoms with Crippen molar-refractivity contribution in [3.63, 3.8) is 0 Å². The van der Waals surface area contributed by atoms with Gasteiger partial charge < -0.3 is 19.9 Å². The summed E-state index contributed by atoms with van der Waals surface area (Å²) in [6, 6.07) is 7.59. The SMILES string of the molecule is C[C@@H](c1ccc(Cl)cc1)N(c1cn(C)cn1)c1nc(N)nc(N2CCOCC2)n1. The number of ether oxygens (including phenoxy) is 1. The van der Waals surface area contributed by atoms with E-state index in [9.17, 15) is 0 Å². The van der Waals surface area contributed by atoms with Crippen molar-refractivity contribution in [1.82, 2.24) is 24.5 Å². The van der Waals surface area contributed by atoms with E-state index in [1.165, 1.54) is 0 Å². The van der Waals surface area contributed by atoms with Crippen LogP contribution in [0.2, 0.25) is 5.02 Å². The van der Waals surface area contributed by atoms with Gasteiger partial charge in [0.1, 0.15) is 0 Å². The highest BCUT2D eigenvalue weighted by molar-refractivity contribution is 6.30. The zero-order chi connectivity index (χ0) is 20.4. The van der Waals surface area contributed by atoms with E-state index in [-0.39, 0.29) is 12.0 Å². The summed E-state index contributed by atoms with van der Waals surface area (Å²) >= 11 is 6.07. The van der Waals surface area contributed by atoms with Gasteiger partial charge in [-0.15, -0.1) is 0 Å². The van der Waals surface area contributed by atoms with E-state index >= 15 is 0 Å². The molecule has 4 rings (SSSR count). The molecule has 2 N–H and O–H groups in total. The van der Waals surface area contributed by atoms with Crippen LogP contribution in [0.1, 0.15) is 18.5 Å². The molecule has 1 aliphatic rings. The molecule has 0 saturated carbocycles. The molecule has 3 heterocycles. The molecule has 0 amide bonds. The van der Waals surface area contributed by atoms with Crippen molar-refractivity contribution < 1.29 is 4.74 Å². The van der Waals surface area contributed by atoms with Gasteiger partial charge in [0.15, 0.2) is 5.82 Å². The van der Waals surface area contributed by atoms with Gasteiger partial charge in [-0.05, 0) is 24.6 Å². The Morgan fingerprint density at radius 2 is 1.86 bits per heavy atom. The van der Waals surface area contributed by atoms with Gasteiger partial charge in [-0.3, -0.25) is 4.90 Å². The Morgan fingerprint density at radius 3 is 2.52 bits per heavy atom. The number of aromatic nitrogens is 5. The first kappa shape index (κ1) is 19.4. The van der Waals surface area contributed by atoms with E-state index in [1.807, 2.05) is 47.0 Å². The van der Waals surface area contributed by atoms with Crippen LogP contribution in [0, 0.1) is 0 Å². The minimum absolute atomic E-state index is 0.110. The van der Waals surface area contributed by atoms with E-state index in [2.05, 4.69) is 26.8 Å². The Hall–Kier alpha value is -2.91. The van der Waals surface area contributed by atoms with Gasteiger partial charge in [0.25, 0.3) is 0 Å². The Bertz CT molecular complexity index is 971. The predicted molar refractivity (Wildman–Crippen MR) is 112 cm³/mol. The number of rotatable bonds is 5. The molecule has 2 aromatic heterocycles. The highest BCUT2D eigenvalue weighted by Gasteiger charge is 2.25. The van der Waals surface area contributed by atoms with Crippen molar-refractivity contribution in [1.29, 1.82) is 0 Å². The van der Waals surface area contributed by atoms with Gasteiger partial charge in [0.2, 0.25) is 17.8 Å². The van der Waals surface area contributed by atoms with E-state index in [0.29, 0.717) is 49.0 Å². The predicted octanol–water partition coefficient (Wildman–Crippen LogP) is 2.58. The summed E-state index contributed by atoms with van der Waals surface area (Å²) in [6.07, 6.45) is 3.66. The van der Waals surface area contributed by atoms with Crippen molar-refractivity contribution in [2.45, 2.75) is 13.0 Å². The highest BCUT2D eigenvalue weighted by Crippen LogP contribution is 2.33. The van der Waals surface area contributed by atoms with Crippen LogP contribution in [0.5, 0.6) is 0 Å². The average Bonchev–Trinajstić information content (AvgIpc) is 3.14. The Balaban J connectivity index is 1.76. The molecular weight excluding hydrogens is 392 g/mol. The molecule has 152 valence electrons. The molecule has 0 bridgehead atoms. The Labute approximate surface area is 174 Å². The van der Waals surface area contributed by atoms with Crippen LogP contribution in [-0.2, 0) is 11.8 Å². The Morgan fingerprint density at radius 1 is 1.14 bits per heavy atom. The number of nitrogens with two attached hydrogens (primary N) is 1. The number of nitrogens with zero attached hydrogens (tertiary/aromatic N) is 7. The fraction of sp³-hybridized carbons (Fsp3) is 0.368. The number of anilines is 4. The fourth-order valence-electron chi connectivity index (χ4n) is 3.27. The minimum Gasteiger partial charge on any atom is -0.378 e. The van der Waals surface area contributed by atoms with Crippen LogP contribution in [0.25, 0.3) is 0 Å². The maximum Gasteiger partial charge on any atom is 0.238 e. The number of morpholine rings is 1. The van der Waals surface area contributed by atoms with Crippen LogP contribution >= 0.6 is 11.6 Å². The monoisotopic (exact) mass is 414 g/mol. The number of nitrogen functional groups attached to an aromatic ring is 1. The summed E-state index contributed by atoms with van der Waals surface area (Å²) in [5, 5.41) is 0.685. The number of halogens is 1. The van der Waals surface area contributed by atoms with Crippen molar-refractivity contribution in [3.8, 4) is 0 Å². The molecule has 0 spiro atoms. The smallest absolute Gasteiger partial charge is 0.238 e. The molecule has 10 heteroatoms. The lowest BCUT2D eigenvalue weighted by atomic mass is 10.1. The second-order valence-electron chi connectivity index (χ2n) is 6.89. The summed E-state index contributed by atoms with van der Waals surface area (Å²) in [5.74, 6) is 1.87. The van der Waals surface area contributed by atoms with Crippen LogP contribution in [-0.4, -0.2) is 50.8 Å². The highest BCUT2D eigenvalue weighted by atomic mass is 35.5. The van der Waals surface area contributed by atoms with E-state index in [4.69, 9.17) is 27.1 Å². The van der Waals surface area contributed by atoms with Crippen LogP contribution in [0.15, 0.2) is 36.8 Å². The molecular formula is C19H23ClN8O. The third-order valence-corrected chi connectivity index (χ3v) is 5.07. The molecule has 0 radical (unpaired) electrons. The van der Waals surface area contributed by atoms with Gasteiger partial charge >= 0.3 is 0 Å². The molecule has 3 aromatic rings. The zero-order valence-electron chi connectivity index (χ0n) is 16.4. The standard InChI is InChI=1S/C19H23ClN8O/c1-13(14-3-5-15(20)6-4-14)28(16-11-26(2)12-22-16)19-24-17(21)23-18(25-19)27-7-9-29-10-8-27/h3-6,11-13H,7-10H2,1-2H3,(H2,21,23,24,25)/t13-/m0/s1. The van der Waals surface area contributed by atoms with E-state index < -0.39 is 0 Å². The summed E-state index contributed by atoms with van der Waals surface area (Å²) < 4.78 is 7.31. The maximum atomic E-state index is 6.07. The van der Waals surface area contributed by atoms with Crippen molar-refractivity contribution in [2.24, 2.45) is 7.05 Å². The van der Waals surface area contributed by atoms with Crippen LogP contribution < -0.4 is 15.5 Å². The average molecular weight is 415 g/mol. The van der Waals surface area contributed by atoms with E-state index in [1.54, 1.807) is 6.33 Å². The molecule has 29 heavy (non-hydrogen) atoms. The lowest BCUT2D eigenvalue weighted by molar-refractivity contribution is 0.122. The number of hydrogen-bond acceptors (Lipinski definition) is 8. The van der Waals surface area contributed by atoms with Crippen LogP contribution in [0.4, 0.5) is 23.7 Å². The van der Waals surface area contributed by atoms with Gasteiger partial charge in [0.05, 0.1) is 25.6 Å². The van der Waals surface area contributed by atoms with Crippen molar-refractivity contribution in [2.75, 3.05) is 41.8 Å². The third kappa shape index (κ3) is 4.25. The third-order valence-electron chi connectivity index (χ3n) is 4.82. The second kappa shape index (κ2) is 8.22. The summed E-state index contributed by atoms with van der Waals surface area (Å²) in [5.41, 5.74) is 7.10. The minimum atomic E-state index is -0.110. The quantitative estimate of drug-likeness (QED) is 0.680. The fourth-order valence-corrected chi connectivity index (χ4v) is 3.40. The first-order chi connectivity index (χ1) is 14.0. The number of imidazole rings is 1. The zero-order valence-corrected chi connectivity index (χ0v) is 17.1. The summed E-state index contributed by atoms with van der Waals surface area (Å²) in [7, 11) is 1.92. The summed E-state index contributed by atoms with van der Waals surface area (Å²) in [6.45, 7) is 4.74. The first-order valence-electron chi connectivity index (χ1n) is 9.38.